The van der Waals surface area contributed by atoms with Crippen molar-refractivity contribution in [3.8, 4) is 11.5 Å². The van der Waals surface area contributed by atoms with Crippen LogP contribution in [0.2, 0.25) is 0 Å². The molecule has 0 saturated heterocycles. The minimum Gasteiger partial charge on any atom is -0.490 e. The van der Waals surface area contributed by atoms with E-state index in [1.54, 1.807) is 17.8 Å². The lowest BCUT2D eigenvalue weighted by Crippen LogP contribution is -2.14. The van der Waals surface area contributed by atoms with Gasteiger partial charge in [0.1, 0.15) is 0 Å². The molecule has 1 aliphatic heterocycles. The maximum atomic E-state index is 12.1. The maximum Gasteiger partial charge on any atom is 0.234 e. The molecule has 0 aliphatic carbocycles. The van der Waals surface area contributed by atoms with Crippen molar-refractivity contribution in [3.05, 3.63) is 18.2 Å². The molecule has 0 radical (unpaired) electrons. The lowest BCUT2D eigenvalue weighted by Gasteiger charge is -2.10. The van der Waals surface area contributed by atoms with Gasteiger partial charge in [-0.3, -0.25) is 4.79 Å². The minimum absolute atomic E-state index is 0.0885. The summed E-state index contributed by atoms with van der Waals surface area (Å²) in [6.07, 6.45) is 0.854. The van der Waals surface area contributed by atoms with Crippen molar-refractivity contribution >= 4 is 46.5 Å². The molecule has 1 amide bonds. The van der Waals surface area contributed by atoms with E-state index >= 15 is 0 Å². The van der Waals surface area contributed by atoms with Crippen LogP contribution in [-0.4, -0.2) is 40.8 Å². The highest BCUT2D eigenvalue weighted by molar-refractivity contribution is 8.03. The molecule has 0 saturated carbocycles. The molecule has 128 valence electrons. The Morgan fingerprint density at radius 2 is 1.96 bits per heavy atom. The van der Waals surface area contributed by atoms with Gasteiger partial charge in [-0.2, -0.15) is 0 Å². The number of fused-ring (bicyclic) bond motifs is 1. The van der Waals surface area contributed by atoms with Gasteiger partial charge >= 0.3 is 0 Å². The maximum absolute atomic E-state index is 12.1. The van der Waals surface area contributed by atoms with E-state index in [0.717, 1.165) is 26.6 Å². The summed E-state index contributed by atoms with van der Waals surface area (Å²) in [5.74, 6) is 2.55. The molecule has 24 heavy (non-hydrogen) atoms. The average molecular weight is 384 g/mol. The van der Waals surface area contributed by atoms with Crippen molar-refractivity contribution in [2.75, 3.05) is 30.0 Å². The molecule has 0 spiro atoms. The van der Waals surface area contributed by atoms with Gasteiger partial charge in [0.15, 0.2) is 20.2 Å². The van der Waals surface area contributed by atoms with E-state index in [0.29, 0.717) is 30.4 Å². The molecule has 6 nitrogen and oxygen atoms in total. The molecule has 1 aromatic heterocycles. The van der Waals surface area contributed by atoms with Gasteiger partial charge in [0.05, 0.1) is 19.0 Å². The predicted molar refractivity (Wildman–Crippen MR) is 97.7 cm³/mol. The number of ether oxygens (including phenoxy) is 2. The standard InChI is InChI=1S/C15H17N3O3S3/c1-2-22-14-17-18-15(24-14)23-9-13(19)16-10-4-5-11-12(8-10)21-7-3-6-20-11/h4-5,8H,2-3,6-7,9H2,1H3,(H,16,19). The molecule has 1 N–H and O–H groups in total. The Balaban J connectivity index is 1.53. The summed E-state index contributed by atoms with van der Waals surface area (Å²) < 4.78 is 12.9. The first-order chi connectivity index (χ1) is 11.7. The number of anilines is 1. The molecule has 3 rings (SSSR count). The van der Waals surface area contributed by atoms with E-state index in [1.165, 1.54) is 23.1 Å². The van der Waals surface area contributed by atoms with Gasteiger partial charge in [-0.25, -0.2) is 0 Å². The highest BCUT2D eigenvalue weighted by Crippen LogP contribution is 2.32. The van der Waals surface area contributed by atoms with Crippen LogP contribution in [0.1, 0.15) is 13.3 Å². The Bertz CT molecular complexity index is 708. The number of hydrogen-bond donors (Lipinski definition) is 1. The number of nitrogens with zero attached hydrogens (tertiary/aromatic N) is 2. The molecule has 2 heterocycles. The molecular formula is C15H17N3O3S3. The molecule has 2 aromatic rings. The van der Waals surface area contributed by atoms with Gasteiger partial charge in [-0.1, -0.05) is 41.8 Å². The fraction of sp³-hybridized carbons (Fsp3) is 0.400. The van der Waals surface area contributed by atoms with Gasteiger partial charge in [0, 0.05) is 18.2 Å². The zero-order valence-electron chi connectivity index (χ0n) is 13.1. The average Bonchev–Trinajstić information content (AvgIpc) is 2.89. The van der Waals surface area contributed by atoms with Crippen LogP contribution in [0.4, 0.5) is 5.69 Å². The second kappa shape index (κ2) is 8.59. The normalized spacial score (nSPS) is 13.4. The second-order valence-corrected chi connectivity index (χ2v) is 8.53. The number of benzene rings is 1. The zero-order valence-corrected chi connectivity index (χ0v) is 15.6. The Kier molecular flexibility index (Phi) is 6.22. The summed E-state index contributed by atoms with van der Waals surface area (Å²) in [6, 6.07) is 5.43. The van der Waals surface area contributed by atoms with E-state index in [1.807, 2.05) is 12.1 Å². The SMILES string of the molecule is CCSc1nnc(SCC(=O)Nc2ccc3c(c2)OCCCO3)s1. The number of aromatic nitrogens is 2. The summed E-state index contributed by atoms with van der Waals surface area (Å²) >= 11 is 4.56. The van der Waals surface area contributed by atoms with E-state index in [2.05, 4.69) is 22.4 Å². The summed E-state index contributed by atoms with van der Waals surface area (Å²) in [5, 5.41) is 11.0. The van der Waals surface area contributed by atoms with Crippen molar-refractivity contribution in [2.24, 2.45) is 0 Å². The van der Waals surface area contributed by atoms with E-state index in [9.17, 15) is 4.79 Å². The fourth-order valence-electron chi connectivity index (χ4n) is 2.00. The van der Waals surface area contributed by atoms with Gasteiger partial charge in [0.25, 0.3) is 0 Å². The molecule has 1 aromatic carbocycles. The molecule has 0 unspecified atom stereocenters. The summed E-state index contributed by atoms with van der Waals surface area (Å²) in [5.41, 5.74) is 0.698. The number of carbonyl (C=O) groups is 1. The largest absolute Gasteiger partial charge is 0.490 e. The minimum atomic E-state index is -0.0885. The van der Waals surface area contributed by atoms with Gasteiger partial charge in [-0.15, -0.1) is 10.2 Å². The second-order valence-electron chi connectivity index (χ2n) is 4.82. The van der Waals surface area contributed by atoms with Gasteiger partial charge in [-0.05, 0) is 17.9 Å². The Morgan fingerprint density at radius 1 is 1.21 bits per heavy atom. The third kappa shape index (κ3) is 4.78. The van der Waals surface area contributed by atoms with Gasteiger partial charge < -0.3 is 14.8 Å². The van der Waals surface area contributed by atoms with Gasteiger partial charge in [0.2, 0.25) is 5.91 Å². The summed E-state index contributed by atoms with van der Waals surface area (Å²) in [4.78, 5) is 12.1. The van der Waals surface area contributed by atoms with Crippen LogP contribution >= 0.6 is 34.9 Å². The van der Waals surface area contributed by atoms with Crippen LogP contribution in [0.25, 0.3) is 0 Å². The number of carbonyl (C=O) groups excluding carboxylic acids is 1. The number of thioether (sulfide) groups is 2. The number of nitrogens with one attached hydrogen (secondary N) is 1. The van der Waals surface area contributed by atoms with Crippen molar-refractivity contribution in [1.82, 2.24) is 10.2 Å². The smallest absolute Gasteiger partial charge is 0.234 e. The topological polar surface area (TPSA) is 73.3 Å². The third-order valence-corrected chi connectivity index (χ3v) is 6.09. The molecule has 9 heteroatoms. The fourth-order valence-corrected chi connectivity index (χ4v) is 4.72. The van der Waals surface area contributed by atoms with Crippen molar-refractivity contribution in [3.63, 3.8) is 0 Å². The number of amides is 1. The lowest BCUT2D eigenvalue weighted by molar-refractivity contribution is -0.113. The Morgan fingerprint density at radius 3 is 2.75 bits per heavy atom. The van der Waals surface area contributed by atoms with E-state index in [-0.39, 0.29) is 5.91 Å². The quantitative estimate of drug-likeness (QED) is 0.765. The Hall–Kier alpha value is -1.45. The first-order valence-corrected chi connectivity index (χ1v) is 10.3. The van der Waals surface area contributed by atoms with Crippen LogP contribution in [0.3, 0.4) is 0 Å². The van der Waals surface area contributed by atoms with Crippen LogP contribution < -0.4 is 14.8 Å². The van der Waals surface area contributed by atoms with Crippen LogP contribution in [-0.2, 0) is 4.79 Å². The summed E-state index contributed by atoms with van der Waals surface area (Å²) in [7, 11) is 0. The van der Waals surface area contributed by atoms with Crippen LogP contribution in [0.5, 0.6) is 11.5 Å². The van der Waals surface area contributed by atoms with Crippen molar-refractivity contribution in [1.29, 1.82) is 0 Å². The monoisotopic (exact) mass is 383 g/mol. The zero-order chi connectivity index (χ0) is 16.8. The van der Waals surface area contributed by atoms with Crippen molar-refractivity contribution in [2.45, 2.75) is 22.0 Å². The number of rotatable bonds is 6. The Labute approximate surface area is 152 Å². The van der Waals surface area contributed by atoms with Crippen LogP contribution in [0.15, 0.2) is 26.9 Å². The highest BCUT2D eigenvalue weighted by atomic mass is 32.2. The molecule has 0 bridgehead atoms. The first-order valence-electron chi connectivity index (χ1n) is 7.53. The van der Waals surface area contributed by atoms with Crippen LogP contribution in [0, 0.1) is 0 Å². The van der Waals surface area contributed by atoms with E-state index in [4.69, 9.17) is 9.47 Å². The van der Waals surface area contributed by atoms with E-state index < -0.39 is 0 Å². The van der Waals surface area contributed by atoms with Crippen molar-refractivity contribution < 1.29 is 14.3 Å². The molecular weight excluding hydrogens is 366 g/mol. The number of hydrogen-bond acceptors (Lipinski definition) is 8. The highest BCUT2D eigenvalue weighted by Gasteiger charge is 2.13. The molecule has 0 fully saturated rings. The lowest BCUT2D eigenvalue weighted by atomic mass is 10.2. The first kappa shape index (κ1) is 17.4. The summed E-state index contributed by atoms with van der Waals surface area (Å²) in [6.45, 7) is 3.34. The third-order valence-electron chi connectivity index (χ3n) is 3.01. The molecule has 1 aliphatic rings. The predicted octanol–water partition coefficient (Wildman–Crippen LogP) is 3.54. The molecule has 0 atom stereocenters.